The topological polar surface area (TPSA) is 122 Å². The van der Waals surface area contributed by atoms with Crippen molar-refractivity contribution in [3.05, 3.63) is 34.2 Å². The Bertz CT molecular complexity index is 774. The van der Waals surface area contributed by atoms with Gasteiger partial charge in [0.15, 0.2) is 16.9 Å². The number of aromatic nitrogens is 5. The van der Waals surface area contributed by atoms with Crippen molar-refractivity contribution in [3.63, 3.8) is 0 Å². The van der Waals surface area contributed by atoms with Crippen LogP contribution in [-0.2, 0) is 17.9 Å². The third-order valence-electron chi connectivity index (χ3n) is 2.63. The van der Waals surface area contributed by atoms with Gasteiger partial charge in [-0.3, -0.25) is 9.78 Å². The van der Waals surface area contributed by atoms with E-state index in [1.165, 1.54) is 6.33 Å². The minimum atomic E-state index is -0.285. The molecule has 3 aromatic rings. The lowest BCUT2D eigenvalue weighted by Crippen LogP contribution is -2.13. The molecule has 0 bridgehead atoms. The zero-order valence-electron chi connectivity index (χ0n) is 10.6. The van der Waals surface area contributed by atoms with Gasteiger partial charge in [-0.05, 0) is 0 Å². The molecule has 0 aliphatic carbocycles. The van der Waals surface area contributed by atoms with E-state index in [9.17, 15) is 4.79 Å². The van der Waals surface area contributed by atoms with Crippen LogP contribution < -0.4 is 10.9 Å². The van der Waals surface area contributed by atoms with Crippen molar-refractivity contribution in [2.75, 3.05) is 12.4 Å². The Kier molecular flexibility index (Phi) is 3.17. The molecule has 0 atom stereocenters. The number of H-pyrrole nitrogens is 2. The minimum absolute atomic E-state index is 0.285. The van der Waals surface area contributed by atoms with Gasteiger partial charge in [-0.1, -0.05) is 5.16 Å². The second-order valence-electron chi connectivity index (χ2n) is 4.09. The van der Waals surface area contributed by atoms with Crippen LogP contribution in [0.15, 0.2) is 21.7 Å². The van der Waals surface area contributed by atoms with Gasteiger partial charge < -0.3 is 19.6 Å². The number of methoxy groups -OCH3 is 1. The Morgan fingerprint density at radius 3 is 3.25 bits per heavy atom. The molecule has 0 unspecified atom stereocenters. The zero-order chi connectivity index (χ0) is 13.9. The van der Waals surface area contributed by atoms with Crippen LogP contribution >= 0.6 is 0 Å². The summed E-state index contributed by atoms with van der Waals surface area (Å²) in [5.74, 6) is 0.932. The molecule has 0 amide bonds. The van der Waals surface area contributed by atoms with Crippen LogP contribution in [0.2, 0.25) is 0 Å². The maximum atomic E-state index is 11.7. The van der Waals surface area contributed by atoms with Crippen molar-refractivity contribution < 1.29 is 9.26 Å². The highest BCUT2D eigenvalue weighted by Crippen LogP contribution is 2.08. The molecule has 0 aromatic carbocycles. The van der Waals surface area contributed by atoms with Gasteiger partial charge in [0.05, 0.1) is 19.5 Å². The molecule has 0 aliphatic rings. The van der Waals surface area contributed by atoms with Crippen molar-refractivity contribution in [3.8, 4) is 0 Å². The Balaban J connectivity index is 1.74. The number of imidazole rings is 1. The maximum absolute atomic E-state index is 11.7. The van der Waals surface area contributed by atoms with E-state index in [0.717, 1.165) is 0 Å². The summed E-state index contributed by atoms with van der Waals surface area (Å²) in [6, 6.07) is 1.77. The second-order valence-corrected chi connectivity index (χ2v) is 4.09. The van der Waals surface area contributed by atoms with Crippen LogP contribution in [0.1, 0.15) is 11.5 Å². The van der Waals surface area contributed by atoms with Crippen LogP contribution in [0.25, 0.3) is 11.2 Å². The summed E-state index contributed by atoms with van der Waals surface area (Å²) < 4.78 is 10.1. The van der Waals surface area contributed by atoms with Crippen molar-refractivity contribution >= 4 is 17.1 Å². The third kappa shape index (κ3) is 2.38. The van der Waals surface area contributed by atoms with Crippen molar-refractivity contribution in [1.29, 1.82) is 0 Å². The van der Waals surface area contributed by atoms with E-state index in [1.54, 1.807) is 13.2 Å². The van der Waals surface area contributed by atoms with Gasteiger partial charge in [-0.15, -0.1) is 0 Å². The van der Waals surface area contributed by atoms with Crippen molar-refractivity contribution in [2.24, 2.45) is 0 Å². The number of nitrogens with one attached hydrogen (secondary N) is 3. The molecule has 0 radical (unpaired) electrons. The van der Waals surface area contributed by atoms with Crippen LogP contribution in [0, 0.1) is 0 Å². The van der Waals surface area contributed by atoms with E-state index < -0.39 is 0 Å². The van der Waals surface area contributed by atoms with Gasteiger partial charge >= 0.3 is 0 Å². The largest absolute Gasteiger partial charge is 0.378 e. The highest BCUT2D eigenvalue weighted by Gasteiger charge is 2.07. The molecule has 0 aliphatic heterocycles. The first-order valence-corrected chi connectivity index (χ1v) is 5.87. The number of aromatic amines is 2. The highest BCUT2D eigenvalue weighted by molar-refractivity contribution is 5.69. The fraction of sp³-hybridized carbons (Fsp3) is 0.273. The summed E-state index contributed by atoms with van der Waals surface area (Å²) in [5.41, 5.74) is 1.12. The van der Waals surface area contributed by atoms with E-state index in [2.05, 4.69) is 30.4 Å². The number of hydrogen-bond donors (Lipinski definition) is 3. The quantitative estimate of drug-likeness (QED) is 0.616. The Labute approximate surface area is 112 Å². The lowest BCUT2D eigenvalue weighted by atomic mass is 10.4. The van der Waals surface area contributed by atoms with E-state index >= 15 is 0 Å². The molecular formula is C11H12N6O3. The molecule has 104 valence electrons. The molecule has 9 nitrogen and oxygen atoms in total. The normalized spacial score (nSPS) is 11.1. The Hall–Kier alpha value is -2.68. The Morgan fingerprint density at radius 2 is 2.40 bits per heavy atom. The fourth-order valence-electron chi connectivity index (χ4n) is 1.75. The first-order chi connectivity index (χ1) is 9.76. The number of nitrogens with zero attached hydrogens (tertiary/aromatic N) is 3. The predicted molar refractivity (Wildman–Crippen MR) is 69.1 cm³/mol. The number of ether oxygens (including phenoxy) is 1. The molecular weight excluding hydrogens is 264 g/mol. The molecule has 9 heteroatoms. The molecule has 3 heterocycles. The van der Waals surface area contributed by atoms with Gasteiger partial charge in [0, 0.05) is 13.2 Å². The molecule has 3 rings (SSSR count). The SMILES string of the molecule is COCc1cc(CNc2nc3nc[nH]c3c(=O)[nH]2)on1. The number of fused-ring (bicyclic) bond motifs is 1. The standard InChI is InChI=1S/C11H12N6O3/c1-19-4-6-2-7(20-17-6)3-12-11-15-9-8(10(18)16-11)13-5-14-9/h2,5H,3-4H2,1H3,(H3,12,13,14,15,16,18). The molecule has 3 aromatic heterocycles. The molecule has 0 saturated carbocycles. The smallest absolute Gasteiger partial charge is 0.278 e. The molecule has 0 spiro atoms. The van der Waals surface area contributed by atoms with Crippen molar-refractivity contribution in [1.82, 2.24) is 25.1 Å². The molecule has 0 saturated heterocycles. The predicted octanol–water partition coefficient (Wildman–Crippen LogP) is 0.393. The van der Waals surface area contributed by atoms with E-state index in [-0.39, 0.29) is 5.56 Å². The maximum Gasteiger partial charge on any atom is 0.278 e. The summed E-state index contributed by atoms with van der Waals surface area (Å²) in [5, 5.41) is 6.77. The molecule has 3 N–H and O–H groups in total. The second kappa shape index (κ2) is 5.13. The lowest BCUT2D eigenvalue weighted by molar-refractivity contribution is 0.177. The van der Waals surface area contributed by atoms with Gasteiger partial charge in [0.1, 0.15) is 5.69 Å². The summed E-state index contributed by atoms with van der Waals surface area (Å²) in [6.07, 6.45) is 1.42. The van der Waals surface area contributed by atoms with Crippen molar-refractivity contribution in [2.45, 2.75) is 13.2 Å². The number of rotatable bonds is 5. The monoisotopic (exact) mass is 276 g/mol. The van der Waals surface area contributed by atoms with E-state index in [0.29, 0.717) is 41.7 Å². The van der Waals surface area contributed by atoms with Gasteiger partial charge in [-0.25, -0.2) is 4.98 Å². The van der Waals surface area contributed by atoms with Gasteiger partial charge in [-0.2, -0.15) is 4.98 Å². The summed E-state index contributed by atoms with van der Waals surface area (Å²) in [6.45, 7) is 0.730. The fourth-order valence-corrected chi connectivity index (χ4v) is 1.75. The summed E-state index contributed by atoms with van der Waals surface area (Å²) in [4.78, 5) is 25.1. The number of hydrogen-bond acceptors (Lipinski definition) is 7. The van der Waals surface area contributed by atoms with Crippen LogP contribution in [0.5, 0.6) is 0 Å². The van der Waals surface area contributed by atoms with E-state index in [4.69, 9.17) is 9.26 Å². The van der Waals surface area contributed by atoms with Crippen LogP contribution in [0.4, 0.5) is 5.95 Å². The average molecular weight is 276 g/mol. The zero-order valence-corrected chi connectivity index (χ0v) is 10.6. The highest BCUT2D eigenvalue weighted by atomic mass is 16.5. The molecule has 0 fully saturated rings. The van der Waals surface area contributed by atoms with Crippen LogP contribution in [-0.4, -0.2) is 32.2 Å². The first-order valence-electron chi connectivity index (χ1n) is 5.87. The van der Waals surface area contributed by atoms with Gasteiger partial charge in [0.2, 0.25) is 5.95 Å². The average Bonchev–Trinajstić information content (AvgIpc) is 3.06. The van der Waals surface area contributed by atoms with Gasteiger partial charge in [0.25, 0.3) is 5.56 Å². The third-order valence-corrected chi connectivity index (χ3v) is 2.63. The summed E-state index contributed by atoms with van der Waals surface area (Å²) in [7, 11) is 1.58. The summed E-state index contributed by atoms with van der Waals surface area (Å²) >= 11 is 0. The first kappa shape index (κ1) is 12.4. The lowest BCUT2D eigenvalue weighted by Gasteiger charge is -2.01. The molecule has 20 heavy (non-hydrogen) atoms. The number of anilines is 1. The minimum Gasteiger partial charge on any atom is -0.378 e. The Morgan fingerprint density at radius 1 is 1.50 bits per heavy atom. The van der Waals surface area contributed by atoms with E-state index in [1.807, 2.05) is 0 Å². The van der Waals surface area contributed by atoms with Crippen LogP contribution in [0.3, 0.4) is 0 Å².